The first-order valence-corrected chi connectivity index (χ1v) is 8.53. The van der Waals surface area contributed by atoms with E-state index in [1.54, 1.807) is 0 Å². The Bertz CT molecular complexity index is 253. The molecule has 0 aromatic rings. The van der Waals surface area contributed by atoms with E-state index in [1.807, 2.05) is 0 Å². The topological polar surface area (TPSA) is 30.5 Å². The molecule has 3 nitrogen and oxygen atoms in total. The predicted molar refractivity (Wildman–Crippen MR) is 85.2 cm³/mol. The number of rotatable bonds is 9. The molecule has 0 saturated heterocycles. The Kier molecular flexibility index (Phi) is 8.08. The smallest absolute Gasteiger partial charge is 0.0859 e. The van der Waals surface area contributed by atoms with Gasteiger partial charge in [-0.3, -0.25) is 0 Å². The first-order valence-electron chi connectivity index (χ1n) is 8.53. The van der Waals surface area contributed by atoms with Gasteiger partial charge in [-0.15, -0.1) is 0 Å². The summed E-state index contributed by atoms with van der Waals surface area (Å²) in [5.41, 5.74) is -0.0313. The Balaban J connectivity index is 2.78. The molecule has 3 unspecified atom stereocenters. The minimum atomic E-state index is -0.0313. The summed E-state index contributed by atoms with van der Waals surface area (Å²) in [6, 6.07) is 0.313. The van der Waals surface area contributed by atoms with Crippen LogP contribution in [-0.2, 0) is 9.47 Å². The molecule has 1 fully saturated rings. The number of ether oxygens (including phenoxy) is 2. The van der Waals surface area contributed by atoms with Crippen molar-refractivity contribution in [1.29, 1.82) is 0 Å². The van der Waals surface area contributed by atoms with Crippen molar-refractivity contribution in [1.82, 2.24) is 5.32 Å². The second-order valence-corrected chi connectivity index (χ2v) is 6.59. The van der Waals surface area contributed by atoms with Crippen LogP contribution in [0.2, 0.25) is 0 Å². The van der Waals surface area contributed by atoms with E-state index in [1.165, 1.54) is 12.8 Å². The fourth-order valence-electron chi connectivity index (χ4n) is 3.38. The first kappa shape index (κ1) is 17.9. The third-order valence-electron chi connectivity index (χ3n) is 4.29. The van der Waals surface area contributed by atoms with E-state index in [0.717, 1.165) is 44.9 Å². The average Bonchev–Trinajstić information content (AvgIpc) is 2.38. The molecule has 3 atom stereocenters. The highest BCUT2D eigenvalue weighted by molar-refractivity contribution is 4.97. The van der Waals surface area contributed by atoms with Gasteiger partial charge in [-0.05, 0) is 52.5 Å². The van der Waals surface area contributed by atoms with Crippen LogP contribution in [0.5, 0.6) is 0 Å². The van der Waals surface area contributed by atoms with Gasteiger partial charge in [0.1, 0.15) is 0 Å². The molecule has 0 radical (unpaired) electrons. The van der Waals surface area contributed by atoms with Crippen LogP contribution in [0.15, 0.2) is 0 Å². The van der Waals surface area contributed by atoms with Crippen molar-refractivity contribution in [3.05, 3.63) is 0 Å². The standard InChI is InChI=1S/C17H35NO2/c1-6-11-18-16(13-19-14(3)4)17(20-7-2)10-8-9-15(5)12-17/h14-16,18H,6-13H2,1-5H3. The zero-order valence-electron chi connectivity index (χ0n) is 14.2. The van der Waals surface area contributed by atoms with E-state index in [9.17, 15) is 0 Å². The van der Waals surface area contributed by atoms with Gasteiger partial charge < -0.3 is 14.8 Å². The van der Waals surface area contributed by atoms with E-state index in [-0.39, 0.29) is 11.7 Å². The predicted octanol–water partition coefficient (Wildman–Crippen LogP) is 3.77. The number of hydrogen-bond donors (Lipinski definition) is 1. The molecule has 1 N–H and O–H groups in total. The van der Waals surface area contributed by atoms with Gasteiger partial charge in [0.25, 0.3) is 0 Å². The Labute approximate surface area is 125 Å². The zero-order chi connectivity index (χ0) is 15.0. The number of nitrogens with one attached hydrogen (secondary N) is 1. The third kappa shape index (κ3) is 5.34. The zero-order valence-corrected chi connectivity index (χ0v) is 14.2. The van der Waals surface area contributed by atoms with Gasteiger partial charge in [0.05, 0.1) is 24.4 Å². The molecule has 0 aromatic carbocycles. The Morgan fingerprint density at radius 3 is 2.60 bits per heavy atom. The van der Waals surface area contributed by atoms with E-state index < -0.39 is 0 Å². The summed E-state index contributed by atoms with van der Waals surface area (Å²) in [7, 11) is 0. The van der Waals surface area contributed by atoms with Crippen molar-refractivity contribution in [2.75, 3.05) is 19.8 Å². The molecule has 0 bridgehead atoms. The molecule has 3 heteroatoms. The molecule has 0 aromatic heterocycles. The molecule has 0 spiro atoms. The molecular formula is C17H35NO2. The van der Waals surface area contributed by atoms with E-state index >= 15 is 0 Å². The van der Waals surface area contributed by atoms with Crippen LogP contribution in [0.25, 0.3) is 0 Å². The van der Waals surface area contributed by atoms with E-state index in [2.05, 4.69) is 39.9 Å². The molecule has 0 heterocycles. The Morgan fingerprint density at radius 1 is 1.30 bits per heavy atom. The van der Waals surface area contributed by atoms with Crippen molar-refractivity contribution in [2.45, 2.75) is 84.5 Å². The van der Waals surface area contributed by atoms with Crippen LogP contribution in [0.4, 0.5) is 0 Å². The summed E-state index contributed by atoms with van der Waals surface area (Å²) < 4.78 is 12.2. The van der Waals surface area contributed by atoms with Crippen molar-refractivity contribution in [3.8, 4) is 0 Å². The fraction of sp³-hybridized carbons (Fsp3) is 1.00. The molecule has 0 amide bonds. The summed E-state index contributed by atoms with van der Waals surface area (Å²) in [6.45, 7) is 13.5. The second kappa shape index (κ2) is 9.01. The maximum absolute atomic E-state index is 6.29. The lowest BCUT2D eigenvalue weighted by molar-refractivity contribution is -0.118. The summed E-state index contributed by atoms with van der Waals surface area (Å²) in [6.07, 6.45) is 6.35. The van der Waals surface area contributed by atoms with Crippen LogP contribution in [-0.4, -0.2) is 37.5 Å². The molecule has 20 heavy (non-hydrogen) atoms. The molecule has 0 aliphatic heterocycles. The molecule has 1 aliphatic rings. The molecule has 120 valence electrons. The van der Waals surface area contributed by atoms with Crippen molar-refractivity contribution >= 4 is 0 Å². The lowest BCUT2D eigenvalue weighted by Crippen LogP contribution is -2.57. The summed E-state index contributed by atoms with van der Waals surface area (Å²) in [4.78, 5) is 0. The van der Waals surface area contributed by atoms with Gasteiger partial charge in [-0.1, -0.05) is 26.7 Å². The minimum absolute atomic E-state index is 0.0313. The first-order chi connectivity index (χ1) is 9.54. The van der Waals surface area contributed by atoms with Crippen molar-refractivity contribution in [3.63, 3.8) is 0 Å². The largest absolute Gasteiger partial charge is 0.377 e. The van der Waals surface area contributed by atoms with Crippen LogP contribution >= 0.6 is 0 Å². The van der Waals surface area contributed by atoms with Gasteiger partial charge in [0.15, 0.2) is 0 Å². The molecule has 1 aliphatic carbocycles. The van der Waals surface area contributed by atoms with Crippen LogP contribution in [0, 0.1) is 5.92 Å². The van der Waals surface area contributed by atoms with E-state index in [4.69, 9.17) is 9.47 Å². The Hall–Kier alpha value is -0.120. The quantitative estimate of drug-likeness (QED) is 0.699. The normalized spacial score (nSPS) is 28.8. The lowest BCUT2D eigenvalue weighted by Gasteiger charge is -2.45. The Morgan fingerprint density at radius 2 is 2.05 bits per heavy atom. The molecule has 1 rings (SSSR count). The van der Waals surface area contributed by atoms with Crippen molar-refractivity contribution < 1.29 is 9.47 Å². The van der Waals surface area contributed by atoms with Crippen LogP contribution in [0.3, 0.4) is 0 Å². The van der Waals surface area contributed by atoms with Crippen LogP contribution in [0.1, 0.15) is 66.7 Å². The summed E-state index contributed by atoms with van der Waals surface area (Å²) in [5.74, 6) is 0.750. The lowest BCUT2D eigenvalue weighted by atomic mass is 9.74. The highest BCUT2D eigenvalue weighted by Crippen LogP contribution is 2.38. The SMILES string of the molecule is CCCNC(COC(C)C)C1(OCC)CCCC(C)C1. The van der Waals surface area contributed by atoms with Gasteiger partial charge in [0.2, 0.25) is 0 Å². The molecule has 1 saturated carbocycles. The maximum atomic E-state index is 6.29. The molecular weight excluding hydrogens is 250 g/mol. The van der Waals surface area contributed by atoms with Gasteiger partial charge in [-0.2, -0.15) is 0 Å². The third-order valence-corrected chi connectivity index (χ3v) is 4.29. The van der Waals surface area contributed by atoms with E-state index in [0.29, 0.717) is 6.04 Å². The second-order valence-electron chi connectivity index (χ2n) is 6.59. The minimum Gasteiger partial charge on any atom is -0.377 e. The monoisotopic (exact) mass is 285 g/mol. The summed E-state index contributed by atoms with van der Waals surface area (Å²) >= 11 is 0. The maximum Gasteiger partial charge on any atom is 0.0859 e. The fourth-order valence-corrected chi connectivity index (χ4v) is 3.38. The summed E-state index contributed by atoms with van der Waals surface area (Å²) in [5, 5.41) is 3.69. The van der Waals surface area contributed by atoms with Crippen LogP contribution < -0.4 is 5.32 Å². The van der Waals surface area contributed by atoms with Gasteiger partial charge in [-0.25, -0.2) is 0 Å². The van der Waals surface area contributed by atoms with Gasteiger partial charge in [0, 0.05) is 6.61 Å². The highest BCUT2D eigenvalue weighted by Gasteiger charge is 2.42. The highest BCUT2D eigenvalue weighted by atomic mass is 16.5. The van der Waals surface area contributed by atoms with Crippen molar-refractivity contribution in [2.24, 2.45) is 5.92 Å². The average molecular weight is 285 g/mol. The van der Waals surface area contributed by atoms with Gasteiger partial charge >= 0.3 is 0 Å². The number of hydrogen-bond acceptors (Lipinski definition) is 3.